The Morgan fingerprint density at radius 3 is 2.82 bits per heavy atom. The molecule has 0 bridgehead atoms. The van der Waals surface area contributed by atoms with E-state index in [-0.39, 0.29) is 23.9 Å². The van der Waals surface area contributed by atoms with Crippen LogP contribution in [0.4, 0.5) is 4.39 Å². The standard InChI is InChI=1S/C20H20FN3O2S2/c1-4-9-24-19(11-26-18-8-6-5-7-16(18)21)22-23-20(24)27-12-17(25)15-10-13(2)28-14(15)3/h4-8,10H,1,9,11-12H2,2-3H3. The number of ketones is 1. The minimum Gasteiger partial charge on any atom is -0.483 e. The van der Waals surface area contributed by atoms with Crippen molar-refractivity contribution in [2.75, 3.05) is 5.75 Å². The Morgan fingerprint density at radius 1 is 1.36 bits per heavy atom. The Bertz CT molecular complexity index is 997. The van der Waals surface area contributed by atoms with E-state index >= 15 is 0 Å². The van der Waals surface area contributed by atoms with Crippen LogP contribution >= 0.6 is 23.1 Å². The summed E-state index contributed by atoms with van der Waals surface area (Å²) >= 11 is 2.94. The third kappa shape index (κ3) is 4.69. The molecule has 28 heavy (non-hydrogen) atoms. The molecule has 146 valence electrons. The highest BCUT2D eigenvalue weighted by molar-refractivity contribution is 7.99. The maximum Gasteiger partial charge on any atom is 0.192 e. The SMILES string of the molecule is C=CCn1c(COc2ccccc2F)nnc1SCC(=O)c1cc(C)sc1C. The Hall–Kier alpha value is -2.45. The summed E-state index contributed by atoms with van der Waals surface area (Å²) in [4.78, 5) is 14.7. The van der Waals surface area contributed by atoms with E-state index in [1.807, 2.05) is 24.5 Å². The lowest BCUT2D eigenvalue weighted by Crippen LogP contribution is -2.09. The summed E-state index contributed by atoms with van der Waals surface area (Å²) in [7, 11) is 0. The molecular weight excluding hydrogens is 397 g/mol. The third-order valence-corrected chi connectivity index (χ3v) is 5.90. The van der Waals surface area contributed by atoms with Crippen molar-refractivity contribution in [1.29, 1.82) is 0 Å². The minimum atomic E-state index is -0.432. The highest BCUT2D eigenvalue weighted by atomic mass is 32.2. The minimum absolute atomic E-state index is 0.0594. The van der Waals surface area contributed by atoms with Crippen LogP contribution in [-0.2, 0) is 13.2 Å². The number of nitrogens with zero attached hydrogens (tertiary/aromatic N) is 3. The number of ether oxygens (including phenoxy) is 1. The molecule has 0 unspecified atom stereocenters. The average Bonchev–Trinajstić information content (AvgIpc) is 3.21. The van der Waals surface area contributed by atoms with Crippen molar-refractivity contribution in [3.8, 4) is 5.75 Å². The molecule has 0 N–H and O–H groups in total. The molecule has 0 spiro atoms. The maximum atomic E-state index is 13.7. The van der Waals surface area contributed by atoms with E-state index in [1.165, 1.54) is 17.8 Å². The Labute approximate surface area is 171 Å². The van der Waals surface area contributed by atoms with E-state index in [9.17, 15) is 9.18 Å². The normalized spacial score (nSPS) is 10.8. The van der Waals surface area contributed by atoms with E-state index in [1.54, 1.807) is 35.6 Å². The molecule has 1 aromatic carbocycles. The second-order valence-electron chi connectivity index (χ2n) is 6.06. The summed E-state index contributed by atoms with van der Waals surface area (Å²) in [6.07, 6.45) is 1.72. The van der Waals surface area contributed by atoms with Crippen LogP contribution in [0.2, 0.25) is 0 Å². The number of thiophene rings is 1. The predicted molar refractivity (Wildman–Crippen MR) is 110 cm³/mol. The molecule has 3 rings (SSSR count). The molecule has 0 saturated heterocycles. The number of hydrogen-bond donors (Lipinski definition) is 0. The predicted octanol–water partition coefficient (Wildman–Crippen LogP) is 4.84. The zero-order chi connectivity index (χ0) is 20.1. The van der Waals surface area contributed by atoms with Gasteiger partial charge in [-0.05, 0) is 32.0 Å². The van der Waals surface area contributed by atoms with Gasteiger partial charge < -0.3 is 4.74 Å². The molecule has 0 atom stereocenters. The molecule has 0 saturated carbocycles. The number of benzene rings is 1. The first-order valence-corrected chi connectivity index (χ1v) is 10.4. The lowest BCUT2D eigenvalue weighted by atomic mass is 10.2. The molecule has 3 aromatic rings. The van der Waals surface area contributed by atoms with Gasteiger partial charge in [-0.3, -0.25) is 9.36 Å². The number of halogens is 1. The van der Waals surface area contributed by atoms with Gasteiger partial charge in [-0.1, -0.05) is 30.0 Å². The topological polar surface area (TPSA) is 57.0 Å². The first-order valence-electron chi connectivity index (χ1n) is 8.63. The second-order valence-corrected chi connectivity index (χ2v) is 8.46. The molecule has 2 heterocycles. The zero-order valence-electron chi connectivity index (χ0n) is 15.6. The van der Waals surface area contributed by atoms with Crippen LogP contribution in [0, 0.1) is 19.7 Å². The highest BCUT2D eigenvalue weighted by Gasteiger charge is 2.17. The summed E-state index contributed by atoms with van der Waals surface area (Å²) in [6, 6.07) is 8.12. The number of aryl methyl sites for hydroxylation is 2. The van der Waals surface area contributed by atoms with Crippen molar-refractivity contribution in [2.24, 2.45) is 0 Å². The number of para-hydroxylation sites is 1. The number of allylic oxidation sites excluding steroid dienone is 1. The fourth-order valence-corrected chi connectivity index (χ4v) is 4.46. The molecule has 0 amide bonds. The van der Waals surface area contributed by atoms with Gasteiger partial charge in [0.15, 0.2) is 28.3 Å². The van der Waals surface area contributed by atoms with Gasteiger partial charge >= 0.3 is 0 Å². The van der Waals surface area contributed by atoms with Crippen molar-refractivity contribution in [2.45, 2.75) is 32.2 Å². The van der Waals surface area contributed by atoms with Gasteiger partial charge in [-0.25, -0.2) is 4.39 Å². The molecule has 0 aliphatic carbocycles. The van der Waals surface area contributed by atoms with Crippen LogP contribution in [0.15, 0.2) is 48.1 Å². The Morgan fingerprint density at radius 2 is 2.14 bits per heavy atom. The van der Waals surface area contributed by atoms with E-state index in [0.29, 0.717) is 17.5 Å². The van der Waals surface area contributed by atoms with E-state index < -0.39 is 5.82 Å². The van der Waals surface area contributed by atoms with Gasteiger partial charge in [-0.2, -0.15) is 0 Å². The van der Waals surface area contributed by atoms with E-state index in [4.69, 9.17) is 4.74 Å². The Kier molecular flexibility index (Phi) is 6.64. The van der Waals surface area contributed by atoms with Crippen molar-refractivity contribution >= 4 is 28.9 Å². The van der Waals surface area contributed by atoms with Gasteiger partial charge in [0, 0.05) is 21.9 Å². The number of rotatable bonds is 9. The molecule has 0 aliphatic heterocycles. The number of carbonyl (C=O) groups excluding carboxylic acids is 1. The lowest BCUT2D eigenvalue weighted by molar-refractivity contribution is 0.102. The van der Waals surface area contributed by atoms with Gasteiger partial charge in [0.1, 0.15) is 6.61 Å². The molecule has 8 heteroatoms. The summed E-state index contributed by atoms with van der Waals surface area (Å²) in [5.74, 6) is 0.590. The van der Waals surface area contributed by atoms with Crippen LogP contribution in [0.1, 0.15) is 25.9 Å². The van der Waals surface area contributed by atoms with Crippen molar-refractivity contribution < 1.29 is 13.9 Å². The van der Waals surface area contributed by atoms with Gasteiger partial charge in [0.25, 0.3) is 0 Å². The summed E-state index contributed by atoms with van der Waals surface area (Å²) in [6.45, 7) is 8.23. The molecule has 5 nitrogen and oxygen atoms in total. The number of carbonyl (C=O) groups is 1. The number of Topliss-reactive ketones (excluding diaryl/α,β-unsaturated/α-hetero) is 1. The lowest BCUT2D eigenvalue weighted by Gasteiger charge is -2.09. The first kappa shape index (κ1) is 20.3. The number of thioether (sulfide) groups is 1. The van der Waals surface area contributed by atoms with Crippen LogP contribution in [-0.4, -0.2) is 26.3 Å². The zero-order valence-corrected chi connectivity index (χ0v) is 17.3. The van der Waals surface area contributed by atoms with Gasteiger partial charge in [0.2, 0.25) is 0 Å². The van der Waals surface area contributed by atoms with Crippen LogP contribution < -0.4 is 4.74 Å². The van der Waals surface area contributed by atoms with Crippen molar-refractivity contribution in [3.63, 3.8) is 0 Å². The fourth-order valence-electron chi connectivity index (χ4n) is 2.66. The molecule has 0 aliphatic rings. The van der Waals surface area contributed by atoms with Gasteiger partial charge in [-0.15, -0.1) is 28.1 Å². The first-order chi connectivity index (χ1) is 13.5. The largest absolute Gasteiger partial charge is 0.483 e. The van der Waals surface area contributed by atoms with E-state index in [0.717, 1.165) is 15.3 Å². The number of hydrogen-bond acceptors (Lipinski definition) is 6. The quantitative estimate of drug-likeness (QED) is 0.283. The smallest absolute Gasteiger partial charge is 0.192 e. The molecule has 0 radical (unpaired) electrons. The maximum absolute atomic E-state index is 13.7. The van der Waals surface area contributed by atoms with Crippen molar-refractivity contribution in [3.05, 3.63) is 69.9 Å². The van der Waals surface area contributed by atoms with Crippen LogP contribution in [0.25, 0.3) is 0 Å². The average molecular weight is 418 g/mol. The molecule has 2 aromatic heterocycles. The summed E-state index contributed by atoms with van der Waals surface area (Å²) in [5, 5.41) is 8.91. The van der Waals surface area contributed by atoms with Gasteiger partial charge in [0.05, 0.1) is 5.75 Å². The second kappa shape index (κ2) is 9.16. The Balaban J connectivity index is 1.69. The summed E-state index contributed by atoms with van der Waals surface area (Å²) in [5.41, 5.74) is 0.757. The van der Waals surface area contributed by atoms with Crippen LogP contribution in [0.5, 0.6) is 5.75 Å². The summed E-state index contributed by atoms with van der Waals surface area (Å²) < 4.78 is 21.1. The number of aromatic nitrogens is 3. The molecular formula is C20H20FN3O2S2. The van der Waals surface area contributed by atoms with Crippen molar-refractivity contribution in [1.82, 2.24) is 14.8 Å². The third-order valence-electron chi connectivity index (χ3n) is 3.97. The van der Waals surface area contributed by atoms with E-state index in [2.05, 4.69) is 16.8 Å². The monoisotopic (exact) mass is 417 g/mol. The highest BCUT2D eigenvalue weighted by Crippen LogP contribution is 2.25. The molecule has 0 fully saturated rings. The van der Waals surface area contributed by atoms with Crippen LogP contribution in [0.3, 0.4) is 0 Å². The fraction of sp³-hybridized carbons (Fsp3) is 0.250.